The first-order valence-electron chi connectivity index (χ1n) is 6.54. The zero-order valence-electron chi connectivity index (χ0n) is 11.8. The Hall–Kier alpha value is -1.81. The fourth-order valence-electron chi connectivity index (χ4n) is 2.09. The van der Waals surface area contributed by atoms with Gasteiger partial charge in [-0.2, -0.15) is 5.10 Å². The molecule has 0 fully saturated rings. The normalized spacial score (nSPS) is 14.1. The Balaban J connectivity index is 2.28. The summed E-state index contributed by atoms with van der Waals surface area (Å²) in [5.74, 6) is 0.834. The number of benzene rings is 1. The highest BCUT2D eigenvalue weighted by molar-refractivity contribution is 5.37. The van der Waals surface area contributed by atoms with Gasteiger partial charge in [-0.3, -0.25) is 4.68 Å². The second kappa shape index (κ2) is 5.45. The van der Waals surface area contributed by atoms with E-state index in [0.717, 1.165) is 29.8 Å². The number of aromatic nitrogens is 2. The Labute approximate surface area is 114 Å². The van der Waals surface area contributed by atoms with Crippen molar-refractivity contribution in [1.29, 1.82) is 0 Å². The number of methoxy groups -OCH3 is 1. The lowest BCUT2D eigenvalue weighted by molar-refractivity contribution is 0.414. The van der Waals surface area contributed by atoms with Crippen LogP contribution in [0.2, 0.25) is 0 Å². The molecule has 0 bridgehead atoms. The summed E-state index contributed by atoms with van der Waals surface area (Å²) in [5.41, 5.74) is 7.99. The number of ether oxygens (including phenoxy) is 1. The fourth-order valence-corrected chi connectivity index (χ4v) is 2.09. The van der Waals surface area contributed by atoms with Gasteiger partial charge in [0, 0.05) is 18.3 Å². The van der Waals surface area contributed by atoms with Gasteiger partial charge in [-0.15, -0.1) is 0 Å². The van der Waals surface area contributed by atoms with Gasteiger partial charge < -0.3 is 10.5 Å². The van der Waals surface area contributed by atoms with Gasteiger partial charge in [-0.1, -0.05) is 19.1 Å². The molecule has 0 amide bonds. The van der Waals surface area contributed by atoms with E-state index in [2.05, 4.69) is 12.0 Å². The summed E-state index contributed by atoms with van der Waals surface area (Å²) < 4.78 is 7.10. The minimum absolute atomic E-state index is 0.543. The predicted octanol–water partition coefficient (Wildman–Crippen LogP) is 2.52. The second-order valence-corrected chi connectivity index (χ2v) is 4.92. The molecular weight excluding hydrogens is 238 g/mol. The molecule has 0 saturated carbocycles. The van der Waals surface area contributed by atoms with Crippen LogP contribution >= 0.6 is 0 Å². The van der Waals surface area contributed by atoms with Gasteiger partial charge in [0.05, 0.1) is 18.8 Å². The summed E-state index contributed by atoms with van der Waals surface area (Å²) in [5, 5.41) is 4.34. The molecule has 0 aliphatic carbocycles. The van der Waals surface area contributed by atoms with E-state index in [1.807, 2.05) is 48.3 Å². The van der Waals surface area contributed by atoms with Crippen molar-refractivity contribution in [1.82, 2.24) is 9.78 Å². The molecule has 1 atom stereocenters. The van der Waals surface area contributed by atoms with E-state index in [1.54, 1.807) is 7.11 Å². The molecule has 0 aliphatic heterocycles. The molecular formula is C15H21N3O. The standard InChI is InChI=1S/C15H21N3O/c1-4-9-18-11-13(10-17-18)15(2,16)12-5-7-14(19-3)8-6-12/h5-8,10-11H,4,9,16H2,1-3H3. The molecule has 2 aromatic rings. The molecule has 2 rings (SSSR count). The van der Waals surface area contributed by atoms with Crippen molar-refractivity contribution >= 4 is 0 Å². The SMILES string of the molecule is CCCn1cc(C(C)(N)c2ccc(OC)cc2)cn1. The lowest BCUT2D eigenvalue weighted by Crippen LogP contribution is -2.33. The molecule has 1 aromatic heterocycles. The molecule has 1 heterocycles. The third kappa shape index (κ3) is 2.79. The Kier molecular flexibility index (Phi) is 3.90. The van der Waals surface area contributed by atoms with Crippen molar-refractivity contribution in [3.63, 3.8) is 0 Å². The number of nitrogens with zero attached hydrogens (tertiary/aromatic N) is 2. The molecule has 0 spiro atoms. The summed E-state index contributed by atoms with van der Waals surface area (Å²) in [6.07, 6.45) is 4.93. The van der Waals surface area contributed by atoms with Crippen LogP contribution in [0.15, 0.2) is 36.7 Å². The first-order chi connectivity index (χ1) is 9.07. The molecule has 0 saturated heterocycles. The van der Waals surface area contributed by atoms with Crippen LogP contribution in [0.3, 0.4) is 0 Å². The maximum Gasteiger partial charge on any atom is 0.118 e. The summed E-state index contributed by atoms with van der Waals surface area (Å²) in [4.78, 5) is 0. The molecule has 0 aliphatic rings. The first kappa shape index (κ1) is 13.6. The zero-order valence-corrected chi connectivity index (χ0v) is 11.8. The van der Waals surface area contributed by atoms with Gasteiger partial charge in [-0.25, -0.2) is 0 Å². The van der Waals surface area contributed by atoms with Crippen molar-refractivity contribution in [2.45, 2.75) is 32.4 Å². The highest BCUT2D eigenvalue weighted by Gasteiger charge is 2.25. The van der Waals surface area contributed by atoms with Crippen LogP contribution in [0.1, 0.15) is 31.4 Å². The number of rotatable bonds is 5. The molecule has 1 unspecified atom stereocenters. The van der Waals surface area contributed by atoms with Crippen molar-refractivity contribution in [2.24, 2.45) is 5.73 Å². The molecule has 19 heavy (non-hydrogen) atoms. The smallest absolute Gasteiger partial charge is 0.118 e. The van der Waals surface area contributed by atoms with E-state index < -0.39 is 5.54 Å². The third-order valence-electron chi connectivity index (χ3n) is 3.38. The minimum atomic E-state index is -0.543. The fraction of sp³-hybridized carbons (Fsp3) is 0.400. The van der Waals surface area contributed by atoms with Crippen LogP contribution < -0.4 is 10.5 Å². The van der Waals surface area contributed by atoms with E-state index in [-0.39, 0.29) is 0 Å². The molecule has 0 radical (unpaired) electrons. The Morgan fingerprint density at radius 2 is 1.95 bits per heavy atom. The quantitative estimate of drug-likeness (QED) is 0.897. The minimum Gasteiger partial charge on any atom is -0.497 e. The van der Waals surface area contributed by atoms with E-state index in [0.29, 0.717) is 0 Å². The highest BCUT2D eigenvalue weighted by atomic mass is 16.5. The van der Waals surface area contributed by atoms with Crippen LogP contribution in [-0.4, -0.2) is 16.9 Å². The molecule has 1 aromatic carbocycles. The predicted molar refractivity (Wildman–Crippen MR) is 76.2 cm³/mol. The average Bonchev–Trinajstić information content (AvgIpc) is 2.89. The second-order valence-electron chi connectivity index (χ2n) is 4.92. The van der Waals surface area contributed by atoms with Gasteiger partial charge in [-0.05, 0) is 31.0 Å². The Bertz CT molecular complexity index is 529. The van der Waals surface area contributed by atoms with Crippen LogP contribution in [0, 0.1) is 0 Å². The van der Waals surface area contributed by atoms with Gasteiger partial charge >= 0.3 is 0 Å². The van der Waals surface area contributed by atoms with E-state index in [4.69, 9.17) is 10.5 Å². The van der Waals surface area contributed by atoms with Gasteiger partial charge in [0.15, 0.2) is 0 Å². The summed E-state index contributed by atoms with van der Waals surface area (Å²) in [6, 6.07) is 7.85. The van der Waals surface area contributed by atoms with Gasteiger partial charge in [0.1, 0.15) is 5.75 Å². The molecule has 2 N–H and O–H groups in total. The van der Waals surface area contributed by atoms with E-state index >= 15 is 0 Å². The molecule has 4 heteroatoms. The van der Waals surface area contributed by atoms with Gasteiger partial charge in [0.25, 0.3) is 0 Å². The summed E-state index contributed by atoms with van der Waals surface area (Å²) in [6.45, 7) is 5.05. The summed E-state index contributed by atoms with van der Waals surface area (Å²) >= 11 is 0. The van der Waals surface area contributed by atoms with Crippen molar-refractivity contribution in [2.75, 3.05) is 7.11 Å². The van der Waals surface area contributed by atoms with Crippen LogP contribution in [0.5, 0.6) is 5.75 Å². The van der Waals surface area contributed by atoms with Crippen LogP contribution in [0.4, 0.5) is 0 Å². The zero-order chi connectivity index (χ0) is 13.9. The van der Waals surface area contributed by atoms with E-state index in [1.165, 1.54) is 0 Å². The Morgan fingerprint density at radius 1 is 1.26 bits per heavy atom. The van der Waals surface area contributed by atoms with Crippen molar-refractivity contribution < 1.29 is 4.74 Å². The van der Waals surface area contributed by atoms with Gasteiger partial charge in [0.2, 0.25) is 0 Å². The Morgan fingerprint density at radius 3 is 2.53 bits per heavy atom. The maximum absolute atomic E-state index is 6.47. The number of hydrogen-bond acceptors (Lipinski definition) is 3. The summed E-state index contributed by atoms with van der Waals surface area (Å²) in [7, 11) is 1.66. The molecule has 4 nitrogen and oxygen atoms in total. The topological polar surface area (TPSA) is 53.1 Å². The first-order valence-corrected chi connectivity index (χ1v) is 6.54. The van der Waals surface area contributed by atoms with Crippen LogP contribution in [-0.2, 0) is 12.1 Å². The van der Waals surface area contributed by atoms with Crippen LogP contribution in [0.25, 0.3) is 0 Å². The van der Waals surface area contributed by atoms with Crippen molar-refractivity contribution in [3.05, 3.63) is 47.8 Å². The van der Waals surface area contributed by atoms with E-state index in [9.17, 15) is 0 Å². The molecule has 102 valence electrons. The number of hydrogen-bond donors (Lipinski definition) is 1. The highest BCUT2D eigenvalue weighted by Crippen LogP contribution is 2.27. The van der Waals surface area contributed by atoms with Crippen molar-refractivity contribution in [3.8, 4) is 5.75 Å². The average molecular weight is 259 g/mol. The number of aryl methyl sites for hydroxylation is 1. The third-order valence-corrected chi connectivity index (χ3v) is 3.38. The lowest BCUT2D eigenvalue weighted by Gasteiger charge is -2.24. The monoisotopic (exact) mass is 259 g/mol. The number of nitrogens with two attached hydrogens (primary N) is 1. The maximum atomic E-state index is 6.47. The largest absolute Gasteiger partial charge is 0.497 e. The lowest BCUT2D eigenvalue weighted by atomic mass is 9.88.